The highest BCUT2D eigenvalue weighted by Gasteiger charge is 2.43. The van der Waals surface area contributed by atoms with E-state index in [9.17, 15) is 31.4 Å². The molecular weight excluding hydrogens is 465 g/mol. The number of aryl methyl sites for hydroxylation is 1. The number of rotatable bonds is 8. The summed E-state index contributed by atoms with van der Waals surface area (Å²) in [6, 6.07) is 8.74. The van der Waals surface area contributed by atoms with E-state index >= 15 is 4.39 Å². The van der Waals surface area contributed by atoms with Crippen molar-refractivity contribution in [3.8, 4) is 22.6 Å². The number of unbranched alkanes of at least 4 members (excludes halogenated alkanes) is 2. The molecule has 0 heterocycles. The quantitative estimate of drug-likeness (QED) is 0.257. The fourth-order valence-corrected chi connectivity index (χ4v) is 3.48. The summed E-state index contributed by atoms with van der Waals surface area (Å²) in [5.41, 5.74) is -2.55. The van der Waals surface area contributed by atoms with Gasteiger partial charge in [-0.25, -0.2) is 8.78 Å². The van der Waals surface area contributed by atoms with Crippen molar-refractivity contribution in [1.29, 1.82) is 0 Å². The van der Waals surface area contributed by atoms with Crippen LogP contribution < -0.4 is 4.74 Å². The highest BCUT2D eigenvalue weighted by Crippen LogP contribution is 2.42. The number of hydrogen-bond acceptors (Lipinski definition) is 2. The van der Waals surface area contributed by atoms with Crippen LogP contribution in [0.25, 0.3) is 11.1 Å². The summed E-state index contributed by atoms with van der Waals surface area (Å²) in [6.07, 6.45) is -5.54. The van der Waals surface area contributed by atoms with Gasteiger partial charge in [0.15, 0.2) is 5.82 Å². The summed E-state index contributed by atoms with van der Waals surface area (Å²) in [7, 11) is 0. The summed E-state index contributed by atoms with van der Waals surface area (Å²) in [6.45, 7) is 2.05. The first-order valence-electron chi connectivity index (χ1n) is 10.5. The third kappa shape index (κ3) is 5.63. The van der Waals surface area contributed by atoms with Gasteiger partial charge in [0, 0.05) is 6.07 Å². The molecule has 0 amide bonds. The lowest BCUT2D eigenvalue weighted by Crippen LogP contribution is -2.25. The minimum atomic E-state index is -4.70. The van der Waals surface area contributed by atoms with E-state index in [4.69, 9.17) is 0 Å². The zero-order chi connectivity index (χ0) is 25.1. The number of phenolic OH excluding ortho intramolecular Hbond substituents is 1. The average molecular weight is 486 g/mol. The summed E-state index contributed by atoms with van der Waals surface area (Å²) < 4.78 is 101. The Kier molecular flexibility index (Phi) is 7.43. The third-order valence-electron chi connectivity index (χ3n) is 5.23. The topological polar surface area (TPSA) is 29.5 Å². The molecule has 0 bridgehead atoms. The maximum Gasteiger partial charge on any atom is 0.432 e. The fourth-order valence-electron chi connectivity index (χ4n) is 3.48. The molecule has 34 heavy (non-hydrogen) atoms. The monoisotopic (exact) mass is 486 g/mol. The number of alkyl halides is 5. The zero-order valence-corrected chi connectivity index (χ0v) is 18.0. The average Bonchev–Trinajstić information content (AvgIpc) is 2.74. The highest BCUT2D eigenvalue weighted by atomic mass is 19.4. The molecule has 0 aromatic heterocycles. The second kappa shape index (κ2) is 9.95. The van der Waals surface area contributed by atoms with Crippen LogP contribution in [0.1, 0.15) is 42.9 Å². The van der Waals surface area contributed by atoms with E-state index in [2.05, 4.69) is 11.7 Å². The molecule has 0 aliphatic rings. The van der Waals surface area contributed by atoms with Crippen molar-refractivity contribution in [2.24, 2.45) is 0 Å². The van der Waals surface area contributed by atoms with E-state index in [0.717, 1.165) is 31.2 Å². The molecule has 0 aliphatic heterocycles. The minimum absolute atomic E-state index is 0.0424. The Hall–Kier alpha value is -3.23. The van der Waals surface area contributed by atoms with Gasteiger partial charge in [-0.1, -0.05) is 44.0 Å². The molecule has 1 N–H and O–H groups in total. The van der Waals surface area contributed by atoms with Gasteiger partial charge in [-0.3, -0.25) is 0 Å². The van der Waals surface area contributed by atoms with Gasteiger partial charge in [-0.05, 0) is 48.2 Å². The number of aromatic hydroxyl groups is 1. The first-order chi connectivity index (χ1) is 15.9. The molecule has 0 radical (unpaired) electrons. The Morgan fingerprint density at radius 1 is 0.853 bits per heavy atom. The lowest BCUT2D eigenvalue weighted by molar-refractivity contribution is -0.189. The maximum absolute atomic E-state index is 15.1. The Bertz CT molecular complexity index is 1120. The van der Waals surface area contributed by atoms with E-state index in [1.807, 2.05) is 0 Å². The molecule has 0 saturated heterocycles. The predicted molar refractivity (Wildman–Crippen MR) is 113 cm³/mol. The maximum atomic E-state index is 15.1. The van der Waals surface area contributed by atoms with Crippen molar-refractivity contribution in [1.82, 2.24) is 0 Å². The van der Waals surface area contributed by atoms with Crippen molar-refractivity contribution in [2.45, 2.75) is 44.9 Å². The normalized spacial score (nSPS) is 12.1. The van der Waals surface area contributed by atoms with Gasteiger partial charge < -0.3 is 9.84 Å². The second-order valence-corrected chi connectivity index (χ2v) is 7.74. The molecule has 3 aromatic rings. The molecule has 9 heteroatoms. The molecule has 2 nitrogen and oxygen atoms in total. The molecule has 0 aliphatic carbocycles. The van der Waals surface area contributed by atoms with Crippen LogP contribution in [0.3, 0.4) is 0 Å². The van der Waals surface area contributed by atoms with Crippen LogP contribution in [0.2, 0.25) is 0 Å². The number of ether oxygens (including phenoxy) is 1. The minimum Gasteiger partial charge on any atom is -0.507 e. The fraction of sp³-hybridized carbons (Fsp3) is 0.280. The number of benzene rings is 3. The van der Waals surface area contributed by atoms with Gasteiger partial charge in [0.1, 0.15) is 22.9 Å². The molecule has 0 atom stereocenters. The standard InChI is InChI=1S/C25H21F7O2/c1-2-3-4-5-15-6-8-16(9-7-15)21-20(33)14-19(26)22(23(21)27)25(31,32)34-18-12-10-17(11-13-18)24(28,29)30/h6-14,33H,2-5H2,1H3. The van der Waals surface area contributed by atoms with Gasteiger partial charge in [0.05, 0.1) is 11.1 Å². The van der Waals surface area contributed by atoms with Gasteiger partial charge in [-0.15, -0.1) is 0 Å². The molecular formula is C25H21F7O2. The van der Waals surface area contributed by atoms with Gasteiger partial charge >= 0.3 is 12.3 Å². The number of phenols is 1. The van der Waals surface area contributed by atoms with Gasteiger partial charge in [0.2, 0.25) is 0 Å². The summed E-state index contributed by atoms with van der Waals surface area (Å²) in [4.78, 5) is 0. The van der Waals surface area contributed by atoms with Crippen molar-refractivity contribution in [2.75, 3.05) is 0 Å². The molecule has 3 rings (SSSR count). The van der Waals surface area contributed by atoms with E-state index in [1.54, 1.807) is 12.1 Å². The second-order valence-electron chi connectivity index (χ2n) is 7.74. The molecule has 0 unspecified atom stereocenters. The van der Waals surface area contributed by atoms with E-state index in [1.165, 1.54) is 12.1 Å². The Balaban J connectivity index is 1.93. The van der Waals surface area contributed by atoms with Crippen molar-refractivity contribution >= 4 is 0 Å². The van der Waals surface area contributed by atoms with Crippen LogP contribution in [0.5, 0.6) is 11.5 Å². The van der Waals surface area contributed by atoms with Crippen molar-refractivity contribution < 1.29 is 40.6 Å². The third-order valence-corrected chi connectivity index (χ3v) is 5.23. The Labute approximate surface area is 191 Å². The number of halogens is 7. The van der Waals surface area contributed by atoms with E-state index < -0.39 is 52.1 Å². The highest BCUT2D eigenvalue weighted by molar-refractivity contribution is 5.72. The largest absolute Gasteiger partial charge is 0.507 e. The smallest absolute Gasteiger partial charge is 0.432 e. The summed E-state index contributed by atoms with van der Waals surface area (Å²) in [5.74, 6) is -5.13. The zero-order valence-electron chi connectivity index (χ0n) is 18.0. The SMILES string of the molecule is CCCCCc1ccc(-c2c(O)cc(F)c(C(F)(F)Oc3ccc(C(F)(F)F)cc3)c2F)cc1. The first kappa shape index (κ1) is 25.4. The Morgan fingerprint density at radius 2 is 1.47 bits per heavy atom. The van der Waals surface area contributed by atoms with E-state index in [-0.39, 0.29) is 5.56 Å². The summed E-state index contributed by atoms with van der Waals surface area (Å²) >= 11 is 0. The van der Waals surface area contributed by atoms with Crippen LogP contribution in [0, 0.1) is 11.6 Å². The van der Waals surface area contributed by atoms with Gasteiger partial charge in [0.25, 0.3) is 0 Å². The molecule has 3 aromatic carbocycles. The predicted octanol–water partition coefficient (Wildman–Crippen LogP) is 8.22. The molecule has 0 fully saturated rings. The van der Waals surface area contributed by atoms with Crippen LogP contribution in [0.4, 0.5) is 30.7 Å². The van der Waals surface area contributed by atoms with Crippen LogP contribution >= 0.6 is 0 Å². The first-order valence-corrected chi connectivity index (χ1v) is 10.5. The van der Waals surface area contributed by atoms with Crippen molar-refractivity contribution in [3.05, 3.63) is 82.9 Å². The van der Waals surface area contributed by atoms with Crippen LogP contribution in [-0.4, -0.2) is 5.11 Å². The molecule has 0 saturated carbocycles. The number of hydrogen-bond donors (Lipinski definition) is 1. The molecule has 0 spiro atoms. The lowest BCUT2D eigenvalue weighted by Gasteiger charge is -2.21. The van der Waals surface area contributed by atoms with Gasteiger partial charge in [-0.2, -0.15) is 22.0 Å². The Morgan fingerprint density at radius 3 is 2.03 bits per heavy atom. The van der Waals surface area contributed by atoms with Crippen LogP contribution in [0.15, 0.2) is 54.6 Å². The van der Waals surface area contributed by atoms with Crippen LogP contribution in [-0.2, 0) is 18.7 Å². The summed E-state index contributed by atoms with van der Waals surface area (Å²) in [5, 5.41) is 10.1. The van der Waals surface area contributed by atoms with Crippen molar-refractivity contribution in [3.63, 3.8) is 0 Å². The molecule has 182 valence electrons. The lowest BCUT2D eigenvalue weighted by atomic mass is 9.97. The van der Waals surface area contributed by atoms with E-state index in [0.29, 0.717) is 30.3 Å².